The van der Waals surface area contributed by atoms with E-state index in [1.807, 2.05) is 0 Å². The Bertz CT molecular complexity index is 328. The molecular weight excluding hydrogens is 218 g/mol. The Kier molecular flexibility index (Phi) is 2.49. The highest BCUT2D eigenvalue weighted by molar-refractivity contribution is 5.92. The smallest absolute Gasteiger partial charge is 0.323 e. The minimum Gasteiger partial charge on any atom is -0.351 e. The third-order valence-corrected chi connectivity index (χ3v) is 4.76. The van der Waals surface area contributed by atoms with E-state index in [1.54, 1.807) is 0 Å². The Morgan fingerprint density at radius 2 is 1.47 bits per heavy atom. The summed E-state index contributed by atoms with van der Waals surface area (Å²) in [5, 5.41) is 5.03. The van der Waals surface area contributed by atoms with Crippen molar-refractivity contribution in [1.82, 2.24) is 10.6 Å². The molecule has 5 heteroatoms. The highest BCUT2D eigenvalue weighted by Gasteiger charge is 2.48. The zero-order valence-corrected chi connectivity index (χ0v) is 9.82. The molecule has 0 spiro atoms. The molecule has 4 amide bonds. The van der Waals surface area contributed by atoms with Crippen LogP contribution in [0.25, 0.3) is 0 Å². The Hall–Kier alpha value is -1.26. The number of urea groups is 2. The quantitative estimate of drug-likeness (QED) is 0.640. The summed E-state index contributed by atoms with van der Waals surface area (Å²) >= 11 is 0. The van der Waals surface area contributed by atoms with E-state index in [4.69, 9.17) is 5.73 Å². The van der Waals surface area contributed by atoms with Crippen molar-refractivity contribution in [3.63, 3.8) is 0 Å². The van der Waals surface area contributed by atoms with Gasteiger partial charge in [0.2, 0.25) is 0 Å². The highest BCUT2D eigenvalue weighted by atomic mass is 16.2. The summed E-state index contributed by atoms with van der Waals surface area (Å²) in [6, 6.07) is -0.969. The van der Waals surface area contributed by atoms with E-state index < -0.39 is 12.1 Å². The number of primary amides is 1. The molecule has 4 saturated carbocycles. The molecule has 4 aliphatic rings. The maximum atomic E-state index is 11.5. The maximum absolute atomic E-state index is 11.5. The minimum atomic E-state index is -0.786. The highest BCUT2D eigenvalue weighted by Crippen LogP contribution is 2.53. The number of amides is 4. The van der Waals surface area contributed by atoms with Crippen molar-refractivity contribution in [1.29, 1.82) is 0 Å². The first-order chi connectivity index (χ1) is 8.11. The molecule has 0 aromatic carbocycles. The fourth-order valence-electron chi connectivity index (χ4n) is 4.46. The van der Waals surface area contributed by atoms with Crippen LogP contribution in [0.15, 0.2) is 0 Å². The van der Waals surface area contributed by atoms with Crippen LogP contribution in [0.2, 0.25) is 0 Å². The topological polar surface area (TPSA) is 84.2 Å². The van der Waals surface area contributed by atoms with Gasteiger partial charge in [-0.1, -0.05) is 0 Å². The van der Waals surface area contributed by atoms with E-state index in [2.05, 4.69) is 10.6 Å². The molecule has 0 aromatic rings. The van der Waals surface area contributed by atoms with Crippen molar-refractivity contribution in [2.75, 3.05) is 0 Å². The van der Waals surface area contributed by atoms with Gasteiger partial charge in [-0.05, 0) is 55.8 Å². The third kappa shape index (κ3) is 1.98. The normalized spacial score (nSPS) is 42.2. The fourth-order valence-corrected chi connectivity index (χ4v) is 4.46. The molecule has 17 heavy (non-hydrogen) atoms. The largest absolute Gasteiger partial charge is 0.351 e. The molecule has 4 aliphatic carbocycles. The second-order valence-corrected chi connectivity index (χ2v) is 5.92. The van der Waals surface area contributed by atoms with Gasteiger partial charge >= 0.3 is 12.1 Å². The van der Waals surface area contributed by atoms with Gasteiger partial charge in [0, 0.05) is 6.04 Å². The molecule has 0 aromatic heterocycles. The Morgan fingerprint density at radius 1 is 0.941 bits per heavy atom. The molecule has 0 heterocycles. The number of carbonyl (C=O) groups is 2. The molecule has 94 valence electrons. The van der Waals surface area contributed by atoms with Crippen LogP contribution in [-0.2, 0) is 0 Å². The van der Waals surface area contributed by atoms with E-state index in [0.29, 0.717) is 11.8 Å². The van der Waals surface area contributed by atoms with Crippen LogP contribution in [0.1, 0.15) is 32.1 Å². The van der Waals surface area contributed by atoms with Crippen LogP contribution in [0, 0.1) is 23.7 Å². The molecule has 4 rings (SSSR count). The predicted octanol–water partition coefficient (Wildman–Crippen LogP) is 1.19. The lowest BCUT2D eigenvalue weighted by Crippen LogP contribution is -2.58. The van der Waals surface area contributed by atoms with Crippen molar-refractivity contribution >= 4 is 12.1 Å². The van der Waals surface area contributed by atoms with Gasteiger partial charge in [-0.15, -0.1) is 0 Å². The van der Waals surface area contributed by atoms with E-state index in [9.17, 15) is 9.59 Å². The number of nitrogens with one attached hydrogen (secondary N) is 2. The van der Waals surface area contributed by atoms with Gasteiger partial charge in [0.05, 0.1) is 0 Å². The zero-order chi connectivity index (χ0) is 12.0. The van der Waals surface area contributed by atoms with E-state index >= 15 is 0 Å². The van der Waals surface area contributed by atoms with Gasteiger partial charge in [0.15, 0.2) is 0 Å². The number of rotatable bonds is 1. The Labute approximate surface area is 100 Å². The van der Waals surface area contributed by atoms with Gasteiger partial charge in [-0.3, -0.25) is 5.32 Å². The van der Waals surface area contributed by atoms with Gasteiger partial charge < -0.3 is 11.1 Å². The average molecular weight is 237 g/mol. The molecule has 0 radical (unpaired) electrons. The van der Waals surface area contributed by atoms with Crippen molar-refractivity contribution < 1.29 is 9.59 Å². The average Bonchev–Trinajstić information content (AvgIpc) is 2.21. The molecule has 5 nitrogen and oxygen atoms in total. The fraction of sp³-hybridized carbons (Fsp3) is 0.833. The molecule has 0 aliphatic heterocycles. The second-order valence-electron chi connectivity index (χ2n) is 5.92. The molecule has 4 bridgehead atoms. The molecular formula is C12H19N3O2. The summed E-state index contributed by atoms with van der Waals surface area (Å²) in [7, 11) is 0. The number of imide groups is 1. The van der Waals surface area contributed by atoms with Crippen molar-refractivity contribution in [3.8, 4) is 0 Å². The summed E-state index contributed by atoms with van der Waals surface area (Å²) in [5.74, 6) is 3.00. The maximum Gasteiger partial charge on any atom is 0.323 e. The van der Waals surface area contributed by atoms with Gasteiger partial charge in [-0.25, -0.2) is 9.59 Å². The van der Waals surface area contributed by atoms with Crippen molar-refractivity contribution in [2.45, 2.75) is 38.1 Å². The summed E-state index contributed by atoms with van der Waals surface area (Å²) < 4.78 is 0. The third-order valence-electron chi connectivity index (χ3n) is 4.76. The standard InChI is InChI=1S/C12H19N3O2/c13-11(16)15-12(17)14-10-8-2-6-1-7(4-8)5-9(10)3-6/h6-10H,1-5H2,(H4,13,14,15,16,17). The van der Waals surface area contributed by atoms with Crippen LogP contribution >= 0.6 is 0 Å². The number of carbonyl (C=O) groups excluding carboxylic acids is 2. The lowest BCUT2D eigenvalue weighted by molar-refractivity contribution is -0.00928. The summed E-state index contributed by atoms with van der Waals surface area (Å²) in [4.78, 5) is 22.1. The first-order valence-electron chi connectivity index (χ1n) is 6.48. The van der Waals surface area contributed by atoms with Crippen LogP contribution in [0.4, 0.5) is 9.59 Å². The summed E-state index contributed by atoms with van der Waals surface area (Å²) in [6.45, 7) is 0. The molecule has 0 atom stereocenters. The van der Waals surface area contributed by atoms with Gasteiger partial charge in [0.25, 0.3) is 0 Å². The summed E-state index contributed by atoms with van der Waals surface area (Å²) in [5.41, 5.74) is 4.93. The van der Waals surface area contributed by atoms with Crippen LogP contribution in [-0.4, -0.2) is 18.1 Å². The Balaban J connectivity index is 1.64. The lowest BCUT2D eigenvalue weighted by atomic mass is 9.54. The first kappa shape index (κ1) is 10.9. The molecule has 4 fully saturated rings. The second kappa shape index (κ2) is 3.89. The zero-order valence-electron chi connectivity index (χ0n) is 9.82. The Morgan fingerprint density at radius 3 is 1.94 bits per heavy atom. The van der Waals surface area contributed by atoms with Crippen LogP contribution in [0.3, 0.4) is 0 Å². The van der Waals surface area contributed by atoms with Crippen molar-refractivity contribution in [2.24, 2.45) is 29.4 Å². The van der Waals surface area contributed by atoms with Crippen LogP contribution < -0.4 is 16.4 Å². The lowest BCUT2D eigenvalue weighted by Gasteiger charge is -2.54. The summed E-state index contributed by atoms with van der Waals surface area (Å²) in [6.07, 6.45) is 6.37. The number of hydrogen-bond acceptors (Lipinski definition) is 2. The van der Waals surface area contributed by atoms with Gasteiger partial charge in [-0.2, -0.15) is 0 Å². The van der Waals surface area contributed by atoms with E-state index in [-0.39, 0.29) is 6.04 Å². The predicted molar refractivity (Wildman–Crippen MR) is 62.1 cm³/mol. The van der Waals surface area contributed by atoms with Gasteiger partial charge in [0.1, 0.15) is 0 Å². The number of hydrogen-bond donors (Lipinski definition) is 3. The molecule has 0 unspecified atom stereocenters. The number of nitrogens with two attached hydrogens (primary N) is 1. The molecule has 4 N–H and O–H groups in total. The first-order valence-corrected chi connectivity index (χ1v) is 6.48. The van der Waals surface area contributed by atoms with E-state index in [0.717, 1.165) is 11.8 Å². The van der Waals surface area contributed by atoms with Crippen LogP contribution in [0.5, 0.6) is 0 Å². The minimum absolute atomic E-state index is 0.252. The monoisotopic (exact) mass is 237 g/mol. The molecule has 0 saturated heterocycles. The van der Waals surface area contributed by atoms with E-state index in [1.165, 1.54) is 32.1 Å². The SMILES string of the molecule is NC(=O)NC(=O)NC1C2CC3CC(C2)CC1C3. The van der Waals surface area contributed by atoms with Crippen molar-refractivity contribution in [3.05, 3.63) is 0 Å².